The van der Waals surface area contributed by atoms with Gasteiger partial charge in [-0.1, -0.05) is 0 Å². The van der Waals surface area contributed by atoms with Crippen molar-refractivity contribution in [1.29, 1.82) is 0 Å². The Labute approximate surface area is 62.3 Å². The lowest BCUT2D eigenvalue weighted by molar-refractivity contribution is 3.82. The third kappa shape index (κ3) is 7.52. The van der Waals surface area contributed by atoms with Crippen molar-refractivity contribution in [1.82, 2.24) is 0 Å². The van der Waals surface area contributed by atoms with Crippen molar-refractivity contribution in [2.75, 3.05) is 0 Å². The molecule has 0 aliphatic carbocycles. The molecule has 7 heavy (non-hydrogen) atoms. The maximum atomic E-state index is 1.72. The summed E-state index contributed by atoms with van der Waals surface area (Å²) < 4.78 is 0. The predicted molar refractivity (Wildman–Crippen MR) is 62.6 cm³/mol. The molecular formula is H16Si7. The van der Waals surface area contributed by atoms with Crippen LogP contribution in [0, 0.1) is 0 Å². The van der Waals surface area contributed by atoms with Crippen LogP contribution >= 0.6 is 0 Å². The quantitative estimate of drug-likeness (QED) is 0.408. The standard InChI is InChI=1S/H16Si7/c1-4-5-6-7(2)3/h7H,4-6H2,1-3H3. The van der Waals surface area contributed by atoms with E-state index in [0.717, 1.165) is 25.7 Å². The molecule has 0 aromatic heterocycles. The third-order valence-corrected chi connectivity index (χ3v) is 91.9. The van der Waals surface area contributed by atoms with Gasteiger partial charge in [0.2, 0.25) is 0 Å². The van der Waals surface area contributed by atoms with Crippen molar-refractivity contribution in [3.05, 3.63) is 0 Å². The maximum absolute atomic E-state index is 1.72. The van der Waals surface area contributed by atoms with Crippen molar-refractivity contribution in [2.24, 2.45) is 0 Å². The first-order valence-electron chi connectivity index (χ1n) is 3.27. The molecule has 0 saturated heterocycles. The number of hydrogen-bond donors (Lipinski definition) is 0. The molecule has 0 N–H and O–H groups in total. The summed E-state index contributed by atoms with van der Waals surface area (Å²) >= 11 is 0. The first-order chi connectivity index (χ1) is 3.27. The summed E-state index contributed by atoms with van der Waals surface area (Å²) in [5, 5.41) is 0. The van der Waals surface area contributed by atoms with E-state index in [9.17, 15) is 0 Å². The molecule has 0 unspecified atom stereocenters. The topological polar surface area (TPSA) is 0 Å². The van der Waals surface area contributed by atoms with E-state index in [1.54, 1.807) is 29.3 Å². The molecule has 0 saturated carbocycles. The molecule has 0 rings (SSSR count). The van der Waals surface area contributed by atoms with E-state index in [0.29, 0.717) is 7.35 Å². The van der Waals surface area contributed by atoms with Crippen LogP contribution in [0.1, 0.15) is 0 Å². The minimum atomic E-state index is 0.347. The average Bonchev–Trinajstić information content (AvgIpc) is 1.61. The zero-order chi connectivity index (χ0) is 5.70. The van der Waals surface area contributed by atoms with Crippen molar-refractivity contribution >= 4 is 62.3 Å². The average molecular weight is 213 g/mol. The second kappa shape index (κ2) is 5.65. The molecule has 0 spiro atoms. The van der Waals surface area contributed by atoms with Crippen molar-refractivity contribution in [3.63, 3.8) is 0 Å². The highest BCUT2D eigenvalue weighted by atomic mass is 30.0. The first-order valence-corrected chi connectivity index (χ1v) is 29.4. The predicted octanol–water partition coefficient (Wildman–Crippen LogP) is -6.95. The molecule has 44 valence electrons. The minimum absolute atomic E-state index is 0.347. The van der Waals surface area contributed by atoms with Gasteiger partial charge in [-0.05, 0) is 62.3 Å². The van der Waals surface area contributed by atoms with Crippen LogP contribution in [0.3, 0.4) is 0 Å². The van der Waals surface area contributed by atoms with Crippen LogP contribution in [-0.4, -0.2) is 62.3 Å². The smallest absolute Gasteiger partial charge is 0.00799 e. The summed E-state index contributed by atoms with van der Waals surface area (Å²) in [5.74, 6) is 0. The van der Waals surface area contributed by atoms with Gasteiger partial charge in [0.1, 0.15) is 0 Å². The van der Waals surface area contributed by atoms with Gasteiger partial charge < -0.3 is 0 Å². The molecule has 0 heterocycles. The van der Waals surface area contributed by atoms with Crippen molar-refractivity contribution < 1.29 is 0 Å². The van der Waals surface area contributed by atoms with Crippen LogP contribution < -0.4 is 0 Å². The van der Waals surface area contributed by atoms with Crippen molar-refractivity contribution in [3.8, 4) is 0 Å². The van der Waals surface area contributed by atoms with E-state index in [4.69, 9.17) is 0 Å². The van der Waals surface area contributed by atoms with Crippen LogP contribution in [-0.2, 0) is 0 Å². The Morgan fingerprint density at radius 3 is 2.00 bits per heavy atom. The fourth-order valence-corrected chi connectivity index (χ4v) is 149. The molecule has 0 nitrogen and oxygen atoms in total. The highest BCUT2D eigenvalue weighted by Crippen LogP contribution is 1.55. The summed E-state index contributed by atoms with van der Waals surface area (Å²) in [5.41, 5.74) is 0. The summed E-state index contributed by atoms with van der Waals surface area (Å²) in [6.07, 6.45) is 0. The maximum Gasteiger partial charge on any atom is -0.00799 e. The van der Waals surface area contributed by atoms with Gasteiger partial charge in [0.05, 0.1) is 0 Å². The molecule has 0 aliphatic heterocycles. The zero-order valence-electron chi connectivity index (χ0n) is 5.70. The van der Waals surface area contributed by atoms with Crippen LogP contribution in [0.15, 0.2) is 0 Å². The van der Waals surface area contributed by atoms with Crippen LogP contribution in [0.2, 0.25) is 0 Å². The highest BCUT2D eigenvalue weighted by Gasteiger charge is 1.93. The number of rotatable bonds is 3. The first kappa shape index (κ1) is 8.52. The molecule has 0 aromatic rings. The van der Waals surface area contributed by atoms with Gasteiger partial charge >= 0.3 is 0 Å². The normalized spacial score (nSPS) is 20.6. The fraction of sp³-hybridized carbons (Fsp3) is 0. The zero-order valence-corrected chi connectivity index (χ0v) is 17.1. The Balaban J connectivity index is 2.68. The Bertz CT molecular complexity index is 29.0. The minimum Gasteiger partial charge on any atom is -0.0120 e. The highest BCUT2D eigenvalue weighted by molar-refractivity contribution is 7.69. The molecule has 0 amide bonds. The largest absolute Gasteiger partial charge is 0.0120 e. The summed E-state index contributed by atoms with van der Waals surface area (Å²) in [6, 6.07) is 0. The van der Waals surface area contributed by atoms with Crippen molar-refractivity contribution in [2.45, 2.75) is 0 Å². The van der Waals surface area contributed by atoms with Crippen LogP contribution in [0.25, 0.3) is 0 Å². The van der Waals surface area contributed by atoms with E-state index in [2.05, 4.69) is 0 Å². The van der Waals surface area contributed by atoms with Gasteiger partial charge in [0, 0.05) is 0 Å². The molecule has 0 radical (unpaired) electrons. The summed E-state index contributed by atoms with van der Waals surface area (Å²) in [4.78, 5) is 0. The Hall–Kier alpha value is 1.52. The molecule has 0 aliphatic rings. The SMILES string of the molecule is [SiH3][SiH2][SiH2][SiH2][SiH]([SiH3])[SiH3]. The fourth-order valence-electron chi connectivity index (χ4n) is 0.612. The molecular weight excluding hydrogens is 197 g/mol. The third-order valence-electron chi connectivity index (χ3n) is 1.14. The lowest BCUT2D eigenvalue weighted by atomic mass is 26.2. The van der Waals surface area contributed by atoms with Gasteiger partial charge in [0.25, 0.3) is 0 Å². The van der Waals surface area contributed by atoms with Gasteiger partial charge in [0.15, 0.2) is 0 Å². The molecule has 0 fully saturated rings. The molecule has 0 aromatic carbocycles. The molecule has 0 bridgehead atoms. The van der Waals surface area contributed by atoms with Crippen LogP contribution in [0.4, 0.5) is 0 Å². The van der Waals surface area contributed by atoms with Gasteiger partial charge in [-0.25, -0.2) is 0 Å². The van der Waals surface area contributed by atoms with E-state index < -0.39 is 0 Å². The summed E-state index contributed by atoms with van der Waals surface area (Å²) in [6.45, 7) is 0. The monoisotopic (exact) mass is 212 g/mol. The number of hydrogen-bond acceptors (Lipinski definition) is 0. The van der Waals surface area contributed by atoms with E-state index >= 15 is 0 Å². The lowest BCUT2D eigenvalue weighted by Gasteiger charge is -1.94. The van der Waals surface area contributed by atoms with E-state index in [-0.39, 0.29) is 0 Å². The van der Waals surface area contributed by atoms with E-state index in [1.165, 1.54) is 0 Å². The second-order valence-corrected chi connectivity index (χ2v) is 68.5. The Kier molecular flexibility index (Phi) is 6.88. The Morgan fingerprint density at radius 1 is 1.29 bits per heavy atom. The lowest BCUT2D eigenvalue weighted by Crippen LogP contribution is -2.31. The van der Waals surface area contributed by atoms with Crippen LogP contribution in [0.5, 0.6) is 0 Å². The summed E-state index contributed by atoms with van der Waals surface area (Å²) in [7, 11) is 7.94. The van der Waals surface area contributed by atoms with Gasteiger partial charge in [-0.3, -0.25) is 0 Å². The van der Waals surface area contributed by atoms with E-state index in [1.807, 2.05) is 0 Å². The second-order valence-electron chi connectivity index (χ2n) is 2.54. The van der Waals surface area contributed by atoms with Gasteiger partial charge in [-0.2, -0.15) is 0 Å². The molecule has 7 heteroatoms. The molecule has 0 atom stereocenters. The Morgan fingerprint density at radius 2 is 1.86 bits per heavy atom. The van der Waals surface area contributed by atoms with Gasteiger partial charge in [-0.15, -0.1) is 0 Å².